The van der Waals surface area contributed by atoms with Gasteiger partial charge in [-0.15, -0.1) is 0 Å². The minimum Gasteiger partial charge on any atom is -0.352 e. The van der Waals surface area contributed by atoms with Crippen LogP contribution in [0.5, 0.6) is 0 Å². The van der Waals surface area contributed by atoms with Crippen LogP contribution in [0.15, 0.2) is 42.5 Å². The van der Waals surface area contributed by atoms with Crippen molar-refractivity contribution < 1.29 is 18.8 Å². The average Bonchev–Trinajstić information content (AvgIpc) is 3.45. The lowest BCUT2D eigenvalue weighted by atomic mass is 9.99. The van der Waals surface area contributed by atoms with E-state index in [-0.39, 0.29) is 33.6 Å². The lowest BCUT2D eigenvalue weighted by Gasteiger charge is -2.31. The smallest absolute Gasteiger partial charge is 0.287 e. The van der Waals surface area contributed by atoms with Crippen molar-refractivity contribution in [3.8, 4) is 0 Å². The first kappa shape index (κ1) is 22.9. The number of benzene rings is 2. The van der Waals surface area contributed by atoms with Crippen molar-refractivity contribution in [3.05, 3.63) is 76.1 Å². The Hall–Kier alpha value is -3.83. The molecule has 5 rings (SSSR count). The van der Waals surface area contributed by atoms with Gasteiger partial charge in [0.05, 0.1) is 16.4 Å². The molecule has 2 aromatic carbocycles. The van der Waals surface area contributed by atoms with Crippen LogP contribution in [0.1, 0.15) is 51.4 Å². The van der Waals surface area contributed by atoms with E-state index in [1.165, 1.54) is 41.3 Å². The molecule has 9 nitrogen and oxygen atoms in total. The molecule has 0 saturated carbocycles. The average molecular weight is 513 g/mol. The second-order valence-electron chi connectivity index (χ2n) is 7.88. The highest BCUT2D eigenvalue weighted by molar-refractivity contribution is 7.13. The van der Waals surface area contributed by atoms with Crippen LogP contribution < -0.4 is 16.0 Å². The number of fused-ring (bicyclic) bond motifs is 2. The fourth-order valence-corrected chi connectivity index (χ4v) is 5.10. The van der Waals surface area contributed by atoms with Gasteiger partial charge in [-0.1, -0.05) is 29.8 Å². The molecule has 178 valence electrons. The van der Waals surface area contributed by atoms with Crippen LogP contribution in [-0.4, -0.2) is 38.7 Å². The minimum absolute atomic E-state index is 0.0304. The van der Waals surface area contributed by atoms with E-state index in [9.17, 15) is 18.8 Å². The number of carbonyl (C=O) groups excluding carboxylic acids is 3. The van der Waals surface area contributed by atoms with Crippen molar-refractivity contribution >= 4 is 56.8 Å². The van der Waals surface area contributed by atoms with Gasteiger partial charge in [0.15, 0.2) is 5.82 Å². The van der Waals surface area contributed by atoms with Crippen molar-refractivity contribution in [1.82, 2.24) is 24.6 Å². The van der Waals surface area contributed by atoms with Crippen molar-refractivity contribution in [3.63, 3.8) is 0 Å². The summed E-state index contributed by atoms with van der Waals surface area (Å²) in [6, 6.07) is 9.23. The third-order valence-corrected chi connectivity index (χ3v) is 6.97. The topological polar surface area (TPSA) is 118 Å². The maximum absolute atomic E-state index is 14.2. The summed E-state index contributed by atoms with van der Waals surface area (Å²) >= 11 is 7.54. The van der Waals surface area contributed by atoms with E-state index in [0.717, 1.165) is 4.70 Å². The number of aromatic nitrogens is 3. The Bertz CT molecular complexity index is 1520. The molecule has 3 N–H and O–H groups in total. The molecule has 0 aliphatic carbocycles. The maximum atomic E-state index is 14.2. The third kappa shape index (κ3) is 3.82. The molecular weight excluding hydrogens is 495 g/mol. The highest BCUT2D eigenvalue weighted by Crippen LogP contribution is 2.39. The number of hydrogen-bond acceptors (Lipinski definition) is 6. The molecule has 35 heavy (non-hydrogen) atoms. The largest absolute Gasteiger partial charge is 0.352 e. The van der Waals surface area contributed by atoms with Crippen LogP contribution in [0.25, 0.3) is 10.1 Å². The number of amides is 3. The number of halogens is 2. The summed E-state index contributed by atoms with van der Waals surface area (Å²) in [7, 11) is 1.43. The molecule has 2 aromatic heterocycles. The number of nitrogens with one attached hydrogen (secondary N) is 3. The zero-order valence-electron chi connectivity index (χ0n) is 18.4. The van der Waals surface area contributed by atoms with Crippen LogP contribution in [-0.2, 0) is 4.79 Å². The highest BCUT2D eigenvalue weighted by atomic mass is 35.5. The summed E-state index contributed by atoms with van der Waals surface area (Å²) in [6.07, 6.45) is 0. The fraction of sp³-hybridized carbons (Fsp3) is 0.174. The van der Waals surface area contributed by atoms with E-state index in [1.54, 1.807) is 19.1 Å². The predicted molar refractivity (Wildman–Crippen MR) is 129 cm³/mol. The molecule has 1 aliphatic rings. The molecular formula is C23H18ClFN6O3S. The van der Waals surface area contributed by atoms with Gasteiger partial charge in [-0.2, -0.15) is 4.37 Å². The SMILES string of the molecule is CNC(=O)c1nc(NC(=O)c2nsc3ccccc23)c2n1[C@H](C)C(=O)N[C@H]2c1cc(F)ccc1Cl. The maximum Gasteiger partial charge on any atom is 0.287 e. The zero-order chi connectivity index (χ0) is 24.9. The number of carbonyl (C=O) groups is 3. The van der Waals surface area contributed by atoms with Crippen molar-refractivity contribution in [1.29, 1.82) is 0 Å². The van der Waals surface area contributed by atoms with Gasteiger partial charge in [-0.25, -0.2) is 9.37 Å². The van der Waals surface area contributed by atoms with Gasteiger partial charge in [0.25, 0.3) is 11.8 Å². The van der Waals surface area contributed by atoms with Crippen LogP contribution in [0, 0.1) is 5.82 Å². The van der Waals surface area contributed by atoms with E-state index < -0.39 is 35.6 Å². The number of rotatable bonds is 4. The van der Waals surface area contributed by atoms with Crippen LogP contribution in [0.3, 0.4) is 0 Å². The normalized spacial score (nSPS) is 17.1. The van der Waals surface area contributed by atoms with Crippen molar-refractivity contribution in [2.45, 2.75) is 19.0 Å². The van der Waals surface area contributed by atoms with E-state index in [4.69, 9.17) is 11.6 Å². The van der Waals surface area contributed by atoms with E-state index in [0.29, 0.717) is 5.39 Å². The van der Waals surface area contributed by atoms with Crippen molar-refractivity contribution in [2.75, 3.05) is 12.4 Å². The minimum atomic E-state index is -0.977. The summed E-state index contributed by atoms with van der Waals surface area (Å²) in [6.45, 7) is 1.59. The summed E-state index contributed by atoms with van der Waals surface area (Å²) in [5.74, 6) is -2.14. The Labute approximate surface area is 207 Å². The molecule has 12 heteroatoms. The van der Waals surface area contributed by atoms with Crippen molar-refractivity contribution in [2.24, 2.45) is 0 Å². The second kappa shape index (κ2) is 8.75. The van der Waals surface area contributed by atoms with Gasteiger partial charge >= 0.3 is 0 Å². The van der Waals surface area contributed by atoms with Gasteiger partial charge in [0.2, 0.25) is 11.7 Å². The molecule has 0 spiro atoms. The predicted octanol–water partition coefficient (Wildman–Crippen LogP) is 3.68. The van der Waals surface area contributed by atoms with Gasteiger partial charge < -0.3 is 20.5 Å². The Morgan fingerprint density at radius 3 is 2.74 bits per heavy atom. The Morgan fingerprint density at radius 2 is 1.97 bits per heavy atom. The van der Waals surface area contributed by atoms with Gasteiger partial charge in [0, 0.05) is 23.0 Å². The number of anilines is 1. The molecule has 0 unspecified atom stereocenters. The summed E-state index contributed by atoms with van der Waals surface area (Å²) in [5.41, 5.74) is 0.740. The first-order valence-electron chi connectivity index (χ1n) is 10.6. The standard InChI is InChI=1S/C23H18ClFN6O3S/c1-10-21(32)27-16(13-9-11(25)7-8-14(13)24)18-19(28-20(31(10)18)23(34)26-2)29-22(33)17-12-5-3-4-6-15(12)35-30-17/h3-10,16H,1-2H3,(H,26,34)(H,27,32)(H,29,33)/t10-,16+/m1/s1. The highest BCUT2D eigenvalue weighted by Gasteiger charge is 2.39. The zero-order valence-corrected chi connectivity index (χ0v) is 20.0. The number of imidazole rings is 1. The molecule has 0 saturated heterocycles. The fourth-order valence-electron chi connectivity index (χ4n) is 4.10. The molecule has 3 heterocycles. The quantitative estimate of drug-likeness (QED) is 0.385. The van der Waals surface area contributed by atoms with Crippen LogP contribution in [0.2, 0.25) is 5.02 Å². The monoisotopic (exact) mass is 512 g/mol. The van der Waals surface area contributed by atoms with Crippen LogP contribution >= 0.6 is 23.1 Å². The van der Waals surface area contributed by atoms with Gasteiger partial charge in [0.1, 0.15) is 17.6 Å². The first-order chi connectivity index (χ1) is 16.8. The number of hydrogen-bond donors (Lipinski definition) is 3. The summed E-state index contributed by atoms with van der Waals surface area (Å²) < 4.78 is 20.7. The second-order valence-corrected chi connectivity index (χ2v) is 9.10. The molecule has 4 aromatic rings. The molecule has 1 aliphatic heterocycles. The molecule has 2 atom stereocenters. The molecule has 0 fully saturated rings. The van der Waals surface area contributed by atoms with E-state index >= 15 is 0 Å². The Morgan fingerprint density at radius 1 is 1.20 bits per heavy atom. The summed E-state index contributed by atoms with van der Waals surface area (Å²) in [4.78, 5) is 43.1. The lowest BCUT2D eigenvalue weighted by Crippen LogP contribution is -2.43. The molecule has 3 amide bonds. The van der Waals surface area contributed by atoms with Crippen LogP contribution in [0.4, 0.5) is 10.2 Å². The van der Waals surface area contributed by atoms with Gasteiger partial charge in [-0.05, 0) is 42.7 Å². The Kier molecular flexibility index (Phi) is 5.73. The summed E-state index contributed by atoms with van der Waals surface area (Å²) in [5, 5.41) is 8.91. The Balaban J connectivity index is 1.68. The molecule has 0 bridgehead atoms. The number of nitrogens with zero attached hydrogens (tertiary/aromatic N) is 3. The van der Waals surface area contributed by atoms with E-state index in [1.807, 2.05) is 12.1 Å². The molecule has 0 radical (unpaired) electrons. The van der Waals surface area contributed by atoms with Gasteiger partial charge in [-0.3, -0.25) is 14.4 Å². The van der Waals surface area contributed by atoms with E-state index in [2.05, 4.69) is 25.3 Å². The first-order valence-corrected chi connectivity index (χ1v) is 11.7. The lowest BCUT2D eigenvalue weighted by molar-refractivity contribution is -0.125. The third-order valence-electron chi connectivity index (χ3n) is 5.80.